The number of nitrogens with one attached hydrogen (secondary N) is 1. The van der Waals surface area contributed by atoms with Gasteiger partial charge in [-0.3, -0.25) is 9.59 Å². The van der Waals surface area contributed by atoms with Gasteiger partial charge < -0.3 is 24.4 Å². The summed E-state index contributed by atoms with van der Waals surface area (Å²) in [5, 5.41) is 3.79. The van der Waals surface area contributed by atoms with Crippen molar-refractivity contribution in [1.82, 2.24) is 19.8 Å². The maximum Gasteiger partial charge on any atom is 0.256 e. The molecule has 2 amide bonds. The van der Waals surface area contributed by atoms with E-state index in [9.17, 15) is 9.59 Å². The zero-order valence-electron chi connectivity index (χ0n) is 22.5. The van der Waals surface area contributed by atoms with Crippen LogP contribution < -0.4 is 10.2 Å². The van der Waals surface area contributed by atoms with Gasteiger partial charge >= 0.3 is 0 Å². The highest BCUT2D eigenvalue weighted by atomic mass is 35.5. The molecule has 1 saturated heterocycles. The van der Waals surface area contributed by atoms with E-state index in [1.54, 1.807) is 19.4 Å². The Morgan fingerprint density at radius 3 is 2.41 bits per heavy atom. The molecule has 3 heterocycles. The SMILES string of the molecule is COCCNC(=O)c1ccc(N2CCN(C(=O)c3c(-c4ccccc4)n(C)c4ccc(C)cc34)CC2)nc1.Cl. The molecule has 0 unspecified atom stereocenters. The number of amides is 2. The van der Waals surface area contributed by atoms with Gasteiger partial charge in [0.25, 0.3) is 11.8 Å². The zero-order chi connectivity index (χ0) is 26.6. The Morgan fingerprint density at radius 2 is 1.74 bits per heavy atom. The number of fused-ring (bicyclic) bond motifs is 1. The number of carbonyl (C=O) groups is 2. The van der Waals surface area contributed by atoms with Gasteiger partial charge in [-0.1, -0.05) is 42.0 Å². The van der Waals surface area contributed by atoms with Crippen molar-refractivity contribution in [3.05, 3.63) is 83.6 Å². The molecule has 0 aliphatic carbocycles. The first-order chi connectivity index (χ1) is 18.5. The average molecular weight is 548 g/mol. The highest BCUT2D eigenvalue weighted by Crippen LogP contribution is 2.35. The number of anilines is 1. The molecular weight excluding hydrogens is 514 g/mol. The summed E-state index contributed by atoms with van der Waals surface area (Å²) in [6.07, 6.45) is 1.60. The number of hydrogen-bond acceptors (Lipinski definition) is 5. The van der Waals surface area contributed by atoms with E-state index in [0.29, 0.717) is 44.9 Å². The van der Waals surface area contributed by atoms with Gasteiger partial charge in [0, 0.05) is 64.0 Å². The summed E-state index contributed by atoms with van der Waals surface area (Å²) in [4.78, 5) is 34.9. The van der Waals surface area contributed by atoms with Gasteiger partial charge in [-0.2, -0.15) is 0 Å². The lowest BCUT2D eigenvalue weighted by atomic mass is 10.0. The molecule has 0 saturated carbocycles. The monoisotopic (exact) mass is 547 g/mol. The number of pyridine rings is 1. The van der Waals surface area contributed by atoms with Gasteiger partial charge in [-0.05, 0) is 36.8 Å². The Bertz CT molecular complexity index is 1450. The van der Waals surface area contributed by atoms with Gasteiger partial charge in [0.2, 0.25) is 0 Å². The van der Waals surface area contributed by atoms with E-state index in [2.05, 4.69) is 57.0 Å². The zero-order valence-corrected chi connectivity index (χ0v) is 23.3. The Balaban J connectivity index is 0.00000353. The van der Waals surface area contributed by atoms with Crippen molar-refractivity contribution < 1.29 is 14.3 Å². The molecule has 0 atom stereocenters. The normalized spacial score (nSPS) is 13.3. The van der Waals surface area contributed by atoms with Gasteiger partial charge in [0.05, 0.1) is 23.4 Å². The molecule has 0 radical (unpaired) electrons. The van der Waals surface area contributed by atoms with Crippen molar-refractivity contribution in [2.45, 2.75) is 6.92 Å². The van der Waals surface area contributed by atoms with Gasteiger partial charge in [-0.25, -0.2) is 4.98 Å². The molecule has 1 fully saturated rings. The lowest BCUT2D eigenvalue weighted by molar-refractivity contribution is 0.0748. The first kappa shape index (κ1) is 28.1. The second-order valence-corrected chi connectivity index (χ2v) is 9.60. The van der Waals surface area contributed by atoms with Crippen LogP contribution in [0.15, 0.2) is 66.9 Å². The second kappa shape index (κ2) is 12.3. The summed E-state index contributed by atoms with van der Waals surface area (Å²) in [6, 6.07) is 20.1. The van der Waals surface area contributed by atoms with Crippen LogP contribution in [-0.4, -0.2) is 72.7 Å². The molecule has 204 valence electrons. The molecular formula is C30H34ClN5O3. The smallest absolute Gasteiger partial charge is 0.256 e. The van der Waals surface area contributed by atoms with E-state index in [4.69, 9.17) is 4.74 Å². The first-order valence-electron chi connectivity index (χ1n) is 12.9. The number of nitrogens with zero attached hydrogens (tertiary/aromatic N) is 4. The first-order valence-corrected chi connectivity index (χ1v) is 12.9. The number of hydrogen-bond donors (Lipinski definition) is 1. The molecule has 1 N–H and O–H groups in total. The Kier molecular flexibility index (Phi) is 8.89. The van der Waals surface area contributed by atoms with Gasteiger partial charge in [-0.15, -0.1) is 12.4 Å². The lowest BCUT2D eigenvalue weighted by Gasteiger charge is -2.35. The summed E-state index contributed by atoms with van der Waals surface area (Å²) in [6.45, 7) is 5.50. The number of piperazine rings is 1. The van der Waals surface area contributed by atoms with Crippen molar-refractivity contribution in [3.63, 3.8) is 0 Å². The molecule has 4 aromatic rings. The summed E-state index contributed by atoms with van der Waals surface area (Å²) in [7, 11) is 3.63. The van der Waals surface area contributed by atoms with E-state index >= 15 is 0 Å². The van der Waals surface area contributed by atoms with Crippen LogP contribution in [0.4, 0.5) is 5.82 Å². The van der Waals surface area contributed by atoms with Crippen LogP contribution in [0, 0.1) is 6.92 Å². The maximum absolute atomic E-state index is 14.0. The van der Waals surface area contributed by atoms with Crippen molar-refractivity contribution in [1.29, 1.82) is 0 Å². The predicted molar refractivity (Wildman–Crippen MR) is 157 cm³/mol. The van der Waals surface area contributed by atoms with Crippen molar-refractivity contribution in [2.75, 3.05) is 51.3 Å². The Hall–Kier alpha value is -3.88. The van der Waals surface area contributed by atoms with Crippen LogP contribution in [-0.2, 0) is 11.8 Å². The van der Waals surface area contributed by atoms with Crippen molar-refractivity contribution in [2.24, 2.45) is 7.05 Å². The largest absolute Gasteiger partial charge is 0.383 e. The molecule has 1 aliphatic heterocycles. The number of carbonyl (C=O) groups excluding carboxylic acids is 2. The highest BCUT2D eigenvalue weighted by molar-refractivity contribution is 6.13. The minimum Gasteiger partial charge on any atom is -0.383 e. The van der Waals surface area contributed by atoms with Gasteiger partial charge in [0.1, 0.15) is 5.82 Å². The summed E-state index contributed by atoms with van der Waals surface area (Å²) < 4.78 is 7.10. The van der Waals surface area contributed by atoms with Crippen LogP contribution in [0.3, 0.4) is 0 Å². The molecule has 0 bridgehead atoms. The third-order valence-corrected chi connectivity index (χ3v) is 7.11. The number of aromatic nitrogens is 2. The second-order valence-electron chi connectivity index (χ2n) is 9.60. The number of benzene rings is 2. The summed E-state index contributed by atoms with van der Waals surface area (Å²) >= 11 is 0. The Morgan fingerprint density at radius 1 is 1.00 bits per heavy atom. The number of rotatable bonds is 7. The van der Waals surface area contributed by atoms with Crippen molar-refractivity contribution in [3.8, 4) is 11.3 Å². The third-order valence-electron chi connectivity index (χ3n) is 7.11. The fourth-order valence-electron chi connectivity index (χ4n) is 5.08. The third kappa shape index (κ3) is 5.77. The van der Waals surface area contributed by atoms with E-state index < -0.39 is 0 Å². The van der Waals surface area contributed by atoms with Crippen LogP contribution in [0.2, 0.25) is 0 Å². The van der Waals surface area contributed by atoms with Crippen LogP contribution in [0.25, 0.3) is 22.2 Å². The standard InChI is InChI=1S/C30H33N5O3.ClH/c1-21-9-11-25-24(19-21)27(28(33(25)2)22-7-5-4-6-8-22)30(37)35-16-14-34(15-17-35)26-12-10-23(20-32-26)29(36)31-13-18-38-3;/h4-12,19-20H,13-18H2,1-3H3,(H,31,36);1H. The lowest BCUT2D eigenvalue weighted by Crippen LogP contribution is -2.49. The minimum absolute atomic E-state index is 0. The topological polar surface area (TPSA) is 79.7 Å². The molecule has 9 heteroatoms. The highest BCUT2D eigenvalue weighted by Gasteiger charge is 2.29. The fourth-order valence-corrected chi connectivity index (χ4v) is 5.08. The summed E-state index contributed by atoms with van der Waals surface area (Å²) in [5.41, 5.74) is 5.42. The van der Waals surface area contributed by atoms with Crippen LogP contribution >= 0.6 is 12.4 Å². The fraction of sp³-hybridized carbons (Fsp3) is 0.300. The number of methoxy groups -OCH3 is 1. The molecule has 2 aromatic heterocycles. The molecule has 8 nitrogen and oxygen atoms in total. The van der Waals surface area contributed by atoms with E-state index in [1.165, 1.54) is 0 Å². The van der Waals surface area contributed by atoms with Crippen molar-refractivity contribution >= 4 is 40.9 Å². The van der Waals surface area contributed by atoms with Gasteiger partial charge in [0.15, 0.2) is 0 Å². The number of halogens is 1. The summed E-state index contributed by atoms with van der Waals surface area (Å²) in [5.74, 6) is 0.683. The maximum atomic E-state index is 14.0. The molecule has 2 aromatic carbocycles. The van der Waals surface area contributed by atoms with E-state index in [-0.39, 0.29) is 24.2 Å². The predicted octanol–water partition coefficient (Wildman–Crippen LogP) is 4.31. The Labute approximate surface area is 235 Å². The van der Waals surface area contributed by atoms with E-state index in [0.717, 1.165) is 39.1 Å². The van der Waals surface area contributed by atoms with Crippen LogP contribution in [0.1, 0.15) is 26.3 Å². The molecule has 39 heavy (non-hydrogen) atoms. The number of aryl methyl sites for hydroxylation is 2. The quantitative estimate of drug-likeness (QED) is 0.349. The van der Waals surface area contributed by atoms with Crippen LogP contribution in [0.5, 0.6) is 0 Å². The number of ether oxygens (including phenoxy) is 1. The molecule has 5 rings (SSSR count). The van der Waals surface area contributed by atoms with E-state index in [1.807, 2.05) is 36.2 Å². The molecule has 0 spiro atoms. The minimum atomic E-state index is -0.170. The molecule has 1 aliphatic rings. The average Bonchev–Trinajstić information content (AvgIpc) is 3.24.